The van der Waals surface area contributed by atoms with Gasteiger partial charge in [-0.25, -0.2) is 4.79 Å². The average Bonchev–Trinajstić information content (AvgIpc) is 2.25. The summed E-state index contributed by atoms with van der Waals surface area (Å²) in [6.07, 6.45) is 0. The first-order valence-corrected chi connectivity index (χ1v) is 5.97. The van der Waals surface area contributed by atoms with E-state index in [1.165, 1.54) is 0 Å². The Bertz CT molecular complexity index is 433. The van der Waals surface area contributed by atoms with Gasteiger partial charge >= 0.3 is 6.03 Å². The molecule has 0 fully saturated rings. The second-order valence-electron chi connectivity index (χ2n) is 3.03. The number of nitrogens with one attached hydrogen (secondary N) is 2. The number of aromatic nitrogens is 3. The summed E-state index contributed by atoms with van der Waals surface area (Å²) in [5.74, 6) is -0.535. The molecule has 98 valence electrons. The molecule has 18 heavy (non-hydrogen) atoms. The van der Waals surface area contributed by atoms with E-state index in [0.717, 1.165) is 11.8 Å². The third kappa shape index (κ3) is 4.82. The first-order chi connectivity index (χ1) is 8.51. The van der Waals surface area contributed by atoms with Crippen molar-refractivity contribution in [2.24, 2.45) is 0 Å². The first kappa shape index (κ1) is 14.0. The molecule has 9 nitrogen and oxygen atoms in total. The minimum absolute atomic E-state index is 0.0193. The number of nitrogens with zero attached hydrogens (tertiary/aromatic N) is 3. The molecule has 0 saturated heterocycles. The van der Waals surface area contributed by atoms with Crippen LogP contribution in [0.4, 0.5) is 16.7 Å². The zero-order valence-corrected chi connectivity index (χ0v) is 10.5. The Morgan fingerprint density at radius 1 is 1.22 bits per heavy atom. The highest BCUT2D eigenvalue weighted by Gasteiger charge is 2.09. The molecular weight excluding hydrogens is 258 g/mol. The number of rotatable bonds is 4. The molecule has 0 aliphatic heterocycles. The quantitative estimate of drug-likeness (QED) is 0.508. The van der Waals surface area contributed by atoms with Gasteiger partial charge in [-0.15, -0.1) is 0 Å². The highest BCUT2D eigenvalue weighted by atomic mass is 32.2. The molecule has 0 saturated carbocycles. The number of nitrogen functional groups attached to an aromatic ring is 2. The van der Waals surface area contributed by atoms with Crippen molar-refractivity contribution in [1.29, 1.82) is 0 Å². The van der Waals surface area contributed by atoms with E-state index >= 15 is 0 Å². The van der Waals surface area contributed by atoms with Crippen molar-refractivity contribution in [2.75, 3.05) is 23.8 Å². The van der Waals surface area contributed by atoms with Crippen molar-refractivity contribution in [3.8, 4) is 0 Å². The maximum atomic E-state index is 11.3. The minimum atomic E-state index is -0.544. The van der Waals surface area contributed by atoms with Gasteiger partial charge in [0.2, 0.25) is 17.8 Å². The molecule has 0 atom stereocenters. The summed E-state index contributed by atoms with van der Waals surface area (Å²) >= 11 is 1.00. The lowest BCUT2D eigenvalue weighted by Crippen LogP contribution is -2.40. The molecule has 0 radical (unpaired) electrons. The number of thioether (sulfide) groups is 1. The number of imide groups is 1. The van der Waals surface area contributed by atoms with Crippen molar-refractivity contribution in [2.45, 2.75) is 12.1 Å². The molecule has 0 aliphatic carbocycles. The zero-order valence-electron chi connectivity index (χ0n) is 9.64. The molecular formula is C8H13N7O2S. The summed E-state index contributed by atoms with van der Waals surface area (Å²) < 4.78 is 0. The maximum absolute atomic E-state index is 11.3. The highest BCUT2D eigenvalue weighted by Crippen LogP contribution is 2.13. The van der Waals surface area contributed by atoms with Crippen molar-refractivity contribution in [3.05, 3.63) is 0 Å². The molecule has 0 aromatic carbocycles. The molecule has 0 unspecified atom stereocenters. The van der Waals surface area contributed by atoms with Gasteiger partial charge in [0.05, 0.1) is 5.75 Å². The van der Waals surface area contributed by atoms with Crippen LogP contribution in [0.25, 0.3) is 0 Å². The van der Waals surface area contributed by atoms with Crippen LogP contribution in [0.3, 0.4) is 0 Å². The predicted octanol–water partition coefficient (Wildman–Crippen LogP) is -1.03. The number of urea groups is 1. The number of carbonyl (C=O) groups excluding carboxylic acids is 2. The fourth-order valence-electron chi connectivity index (χ4n) is 0.950. The van der Waals surface area contributed by atoms with E-state index in [1.54, 1.807) is 6.92 Å². The van der Waals surface area contributed by atoms with Gasteiger partial charge in [-0.05, 0) is 6.92 Å². The maximum Gasteiger partial charge on any atom is 0.321 e. The Hall–Kier alpha value is -2.10. The van der Waals surface area contributed by atoms with E-state index in [1.807, 2.05) is 0 Å². The monoisotopic (exact) mass is 271 g/mol. The van der Waals surface area contributed by atoms with Gasteiger partial charge in [-0.3, -0.25) is 10.1 Å². The van der Waals surface area contributed by atoms with Crippen LogP contribution < -0.4 is 22.1 Å². The fourth-order valence-corrected chi connectivity index (χ4v) is 1.60. The van der Waals surface area contributed by atoms with E-state index in [9.17, 15) is 9.59 Å². The lowest BCUT2D eigenvalue weighted by atomic mass is 10.6. The highest BCUT2D eigenvalue weighted by molar-refractivity contribution is 7.99. The summed E-state index contributed by atoms with van der Waals surface area (Å²) in [6.45, 7) is 2.18. The van der Waals surface area contributed by atoms with Crippen molar-refractivity contribution >= 4 is 35.6 Å². The number of amides is 3. The molecule has 1 aromatic heterocycles. The van der Waals surface area contributed by atoms with Crippen LogP contribution in [0, 0.1) is 0 Å². The summed E-state index contributed by atoms with van der Waals surface area (Å²) in [6, 6.07) is -0.544. The molecule has 0 aliphatic rings. The molecule has 1 rings (SSSR count). The number of nitrogens with two attached hydrogens (primary N) is 2. The van der Waals surface area contributed by atoms with E-state index in [4.69, 9.17) is 11.5 Å². The predicted molar refractivity (Wildman–Crippen MR) is 66.6 cm³/mol. The van der Waals surface area contributed by atoms with Crippen LogP contribution in [-0.2, 0) is 4.79 Å². The zero-order chi connectivity index (χ0) is 13.5. The van der Waals surface area contributed by atoms with E-state index in [2.05, 4.69) is 25.6 Å². The second kappa shape index (κ2) is 6.59. The van der Waals surface area contributed by atoms with Gasteiger partial charge in [-0.1, -0.05) is 11.8 Å². The summed E-state index contributed by atoms with van der Waals surface area (Å²) in [7, 11) is 0. The SMILES string of the molecule is CCNC(=O)NC(=O)CSc1nc(N)nc(N)n1. The smallest absolute Gasteiger partial charge is 0.321 e. The Morgan fingerprint density at radius 3 is 2.39 bits per heavy atom. The third-order valence-electron chi connectivity index (χ3n) is 1.57. The van der Waals surface area contributed by atoms with Gasteiger partial charge in [0.15, 0.2) is 5.16 Å². The van der Waals surface area contributed by atoms with Gasteiger partial charge in [0, 0.05) is 6.54 Å². The minimum Gasteiger partial charge on any atom is -0.368 e. The van der Waals surface area contributed by atoms with Crippen LogP contribution in [-0.4, -0.2) is 39.2 Å². The van der Waals surface area contributed by atoms with E-state index in [-0.39, 0.29) is 22.8 Å². The molecule has 6 N–H and O–H groups in total. The number of anilines is 2. The van der Waals surface area contributed by atoms with Gasteiger partial charge < -0.3 is 16.8 Å². The van der Waals surface area contributed by atoms with Crippen molar-refractivity contribution < 1.29 is 9.59 Å². The Balaban J connectivity index is 2.45. The Morgan fingerprint density at radius 2 is 1.83 bits per heavy atom. The largest absolute Gasteiger partial charge is 0.368 e. The Labute approximate surface area is 107 Å². The first-order valence-electron chi connectivity index (χ1n) is 4.98. The van der Waals surface area contributed by atoms with Crippen molar-refractivity contribution in [1.82, 2.24) is 25.6 Å². The third-order valence-corrected chi connectivity index (χ3v) is 2.42. The van der Waals surface area contributed by atoms with Crippen molar-refractivity contribution in [3.63, 3.8) is 0 Å². The van der Waals surface area contributed by atoms with Crippen LogP contribution in [0.1, 0.15) is 6.92 Å². The standard InChI is InChI=1S/C8H13N7O2S/c1-2-11-7(17)12-4(16)3-18-8-14-5(9)13-6(10)15-8/h2-3H2,1H3,(H2,11,12,16,17)(H4,9,10,13,14,15). The molecule has 0 spiro atoms. The molecule has 0 bridgehead atoms. The Kier molecular flexibility index (Phi) is 5.11. The summed E-state index contributed by atoms with van der Waals surface area (Å²) in [4.78, 5) is 33.5. The number of carbonyl (C=O) groups is 2. The summed E-state index contributed by atoms with van der Waals surface area (Å²) in [5.41, 5.74) is 10.7. The molecule has 3 amide bonds. The van der Waals surface area contributed by atoms with E-state index in [0.29, 0.717) is 6.54 Å². The van der Waals surface area contributed by atoms with Crippen LogP contribution >= 0.6 is 11.8 Å². The molecule has 1 heterocycles. The normalized spacial score (nSPS) is 9.83. The van der Waals surface area contributed by atoms with Crippen LogP contribution in [0.5, 0.6) is 0 Å². The average molecular weight is 271 g/mol. The summed E-state index contributed by atoms with van der Waals surface area (Å²) in [5, 5.41) is 4.80. The van der Waals surface area contributed by atoms with Gasteiger partial charge in [-0.2, -0.15) is 15.0 Å². The molecule has 1 aromatic rings. The number of hydrogen-bond donors (Lipinski definition) is 4. The number of hydrogen-bond acceptors (Lipinski definition) is 8. The van der Waals surface area contributed by atoms with Gasteiger partial charge in [0.25, 0.3) is 0 Å². The fraction of sp³-hybridized carbons (Fsp3) is 0.375. The second-order valence-corrected chi connectivity index (χ2v) is 3.97. The lowest BCUT2D eigenvalue weighted by molar-refractivity contribution is -0.117. The lowest BCUT2D eigenvalue weighted by Gasteiger charge is -2.04. The molecule has 10 heteroatoms. The topological polar surface area (TPSA) is 149 Å². The van der Waals surface area contributed by atoms with Gasteiger partial charge in [0.1, 0.15) is 0 Å². The van der Waals surface area contributed by atoms with Crippen LogP contribution in [0.2, 0.25) is 0 Å². The van der Waals surface area contributed by atoms with Crippen LogP contribution in [0.15, 0.2) is 5.16 Å². The van der Waals surface area contributed by atoms with E-state index < -0.39 is 11.9 Å².